The lowest BCUT2D eigenvalue weighted by atomic mass is 9.67. The summed E-state index contributed by atoms with van der Waals surface area (Å²) < 4.78 is 0. The van der Waals surface area contributed by atoms with Crippen LogP contribution in [-0.4, -0.2) is 0 Å². The van der Waals surface area contributed by atoms with Gasteiger partial charge in [0, 0.05) is 22.2 Å². The maximum atomic E-state index is 6.30. The molecule has 1 aliphatic carbocycles. The van der Waals surface area contributed by atoms with Gasteiger partial charge in [-0.3, -0.25) is 0 Å². The minimum atomic E-state index is -0.248. The van der Waals surface area contributed by atoms with Crippen LogP contribution in [0.15, 0.2) is 103 Å². The molecule has 0 fully saturated rings. The first-order chi connectivity index (χ1) is 14.5. The second kappa shape index (κ2) is 6.77. The van der Waals surface area contributed by atoms with E-state index in [0.29, 0.717) is 0 Å². The number of rotatable bonds is 3. The zero-order valence-corrected chi connectivity index (χ0v) is 17.2. The van der Waals surface area contributed by atoms with Gasteiger partial charge in [-0.2, -0.15) is 0 Å². The molecule has 0 bridgehead atoms. The van der Waals surface area contributed by atoms with Crippen LogP contribution < -0.4 is 11.5 Å². The van der Waals surface area contributed by atoms with Crippen molar-refractivity contribution in [3.05, 3.63) is 131 Å². The summed E-state index contributed by atoms with van der Waals surface area (Å²) in [4.78, 5) is 0. The standard InChI is InChI=1S/C28H26N2/c1-27(20-12-14-23(29)15-13-20)19-28(21-8-4-2-5-9-21,22-10-6-3-7-11-22)25-17-16-24(30)18-26(25)27/h2-18H,19,29-30H2,1H3. The molecule has 0 spiro atoms. The molecule has 4 N–H and O–H groups in total. The van der Waals surface area contributed by atoms with Crippen molar-refractivity contribution in [1.82, 2.24) is 0 Å². The summed E-state index contributed by atoms with van der Waals surface area (Å²) in [5.74, 6) is 0. The Morgan fingerprint density at radius 2 is 1.10 bits per heavy atom. The van der Waals surface area contributed by atoms with Crippen molar-refractivity contribution >= 4 is 11.4 Å². The smallest absolute Gasteiger partial charge is 0.0466 e. The van der Waals surface area contributed by atoms with Crippen molar-refractivity contribution in [2.75, 3.05) is 11.5 Å². The summed E-state index contributed by atoms with van der Waals surface area (Å²) >= 11 is 0. The summed E-state index contributed by atoms with van der Waals surface area (Å²) in [5, 5.41) is 0. The van der Waals surface area contributed by atoms with Crippen LogP contribution in [0.5, 0.6) is 0 Å². The molecule has 0 amide bonds. The Morgan fingerprint density at radius 3 is 1.67 bits per heavy atom. The number of hydrogen-bond donors (Lipinski definition) is 2. The molecule has 0 aromatic heterocycles. The molecule has 1 atom stereocenters. The fourth-order valence-electron chi connectivity index (χ4n) is 5.35. The number of benzene rings is 4. The first-order valence-electron chi connectivity index (χ1n) is 10.4. The number of anilines is 2. The molecule has 0 aliphatic heterocycles. The second-order valence-electron chi connectivity index (χ2n) is 8.57. The molecular formula is C28H26N2. The lowest BCUT2D eigenvalue weighted by Crippen LogP contribution is -2.30. The number of nitrogens with two attached hydrogens (primary N) is 2. The van der Waals surface area contributed by atoms with Crippen LogP contribution in [0.25, 0.3) is 0 Å². The monoisotopic (exact) mass is 390 g/mol. The van der Waals surface area contributed by atoms with Crippen LogP contribution >= 0.6 is 0 Å². The van der Waals surface area contributed by atoms with E-state index in [1.54, 1.807) is 0 Å². The van der Waals surface area contributed by atoms with Gasteiger partial charge < -0.3 is 11.5 Å². The third-order valence-electron chi connectivity index (χ3n) is 6.80. The average molecular weight is 391 g/mol. The molecule has 2 heteroatoms. The van der Waals surface area contributed by atoms with Gasteiger partial charge in [0.2, 0.25) is 0 Å². The van der Waals surface area contributed by atoms with Crippen molar-refractivity contribution in [3.63, 3.8) is 0 Å². The molecule has 1 aliphatic rings. The highest BCUT2D eigenvalue weighted by Gasteiger charge is 2.52. The van der Waals surface area contributed by atoms with E-state index in [2.05, 4.69) is 91.9 Å². The molecule has 148 valence electrons. The van der Waals surface area contributed by atoms with Crippen LogP contribution in [0, 0.1) is 0 Å². The number of hydrogen-bond acceptors (Lipinski definition) is 2. The predicted octanol–water partition coefficient (Wildman–Crippen LogP) is 5.90. The van der Waals surface area contributed by atoms with Crippen LogP contribution in [0.1, 0.15) is 41.2 Å². The van der Waals surface area contributed by atoms with E-state index in [1.165, 1.54) is 27.8 Å². The Labute approximate surface area is 178 Å². The highest BCUT2D eigenvalue weighted by molar-refractivity contribution is 5.65. The van der Waals surface area contributed by atoms with E-state index < -0.39 is 0 Å². The molecule has 1 unspecified atom stereocenters. The lowest BCUT2D eigenvalue weighted by molar-refractivity contribution is 0.473. The van der Waals surface area contributed by atoms with Crippen molar-refractivity contribution in [2.24, 2.45) is 0 Å². The molecule has 0 saturated heterocycles. The quantitative estimate of drug-likeness (QED) is 0.428. The first kappa shape index (κ1) is 18.5. The van der Waals surface area contributed by atoms with Crippen molar-refractivity contribution in [2.45, 2.75) is 24.2 Å². The van der Waals surface area contributed by atoms with E-state index in [1.807, 2.05) is 18.2 Å². The van der Waals surface area contributed by atoms with Gasteiger partial charge in [-0.15, -0.1) is 0 Å². The third-order valence-corrected chi connectivity index (χ3v) is 6.80. The molecule has 5 rings (SSSR count). The van der Waals surface area contributed by atoms with E-state index in [4.69, 9.17) is 11.5 Å². The van der Waals surface area contributed by atoms with Gasteiger partial charge >= 0.3 is 0 Å². The summed E-state index contributed by atoms with van der Waals surface area (Å²) in [6.07, 6.45) is 0.927. The maximum absolute atomic E-state index is 6.30. The highest BCUT2D eigenvalue weighted by atomic mass is 14.6. The van der Waals surface area contributed by atoms with E-state index in [-0.39, 0.29) is 10.8 Å². The van der Waals surface area contributed by atoms with Crippen LogP contribution in [-0.2, 0) is 10.8 Å². The molecule has 4 aromatic carbocycles. The van der Waals surface area contributed by atoms with Gasteiger partial charge in [0.1, 0.15) is 0 Å². The summed E-state index contributed by atoms with van der Waals surface area (Å²) in [7, 11) is 0. The molecule has 2 nitrogen and oxygen atoms in total. The summed E-state index contributed by atoms with van der Waals surface area (Å²) in [6.45, 7) is 2.34. The Morgan fingerprint density at radius 1 is 0.567 bits per heavy atom. The zero-order chi connectivity index (χ0) is 20.8. The maximum Gasteiger partial charge on any atom is 0.0466 e. The normalized spacial score (nSPS) is 19.4. The minimum Gasteiger partial charge on any atom is -0.399 e. The van der Waals surface area contributed by atoms with E-state index in [0.717, 1.165) is 17.8 Å². The number of fused-ring (bicyclic) bond motifs is 1. The minimum absolute atomic E-state index is 0.190. The molecule has 4 aromatic rings. The van der Waals surface area contributed by atoms with E-state index >= 15 is 0 Å². The molecule has 0 radical (unpaired) electrons. The topological polar surface area (TPSA) is 52.0 Å². The summed E-state index contributed by atoms with van der Waals surface area (Å²) in [5.41, 5.74) is 19.9. The van der Waals surface area contributed by atoms with Crippen LogP contribution in [0.4, 0.5) is 11.4 Å². The molecule has 0 saturated carbocycles. The van der Waals surface area contributed by atoms with Gasteiger partial charge in [-0.25, -0.2) is 0 Å². The van der Waals surface area contributed by atoms with Gasteiger partial charge in [-0.05, 0) is 58.5 Å². The predicted molar refractivity (Wildman–Crippen MR) is 126 cm³/mol. The van der Waals surface area contributed by atoms with Crippen LogP contribution in [0.2, 0.25) is 0 Å². The zero-order valence-electron chi connectivity index (χ0n) is 17.2. The fraction of sp³-hybridized carbons (Fsp3) is 0.143. The van der Waals surface area contributed by atoms with Crippen molar-refractivity contribution in [1.29, 1.82) is 0 Å². The van der Waals surface area contributed by atoms with Gasteiger partial charge in [0.05, 0.1) is 0 Å². The van der Waals surface area contributed by atoms with E-state index in [9.17, 15) is 0 Å². The number of nitrogen functional groups attached to an aromatic ring is 2. The first-order valence-corrected chi connectivity index (χ1v) is 10.4. The largest absolute Gasteiger partial charge is 0.399 e. The summed E-state index contributed by atoms with van der Waals surface area (Å²) in [6, 6.07) is 36.5. The Bertz CT molecular complexity index is 1140. The molecule has 30 heavy (non-hydrogen) atoms. The average Bonchev–Trinajstić information content (AvgIpc) is 3.06. The van der Waals surface area contributed by atoms with Gasteiger partial charge in [-0.1, -0.05) is 85.8 Å². The lowest BCUT2D eigenvalue weighted by Gasteiger charge is -2.35. The Kier molecular flexibility index (Phi) is 4.18. The van der Waals surface area contributed by atoms with Gasteiger partial charge in [0.25, 0.3) is 0 Å². The Balaban J connectivity index is 1.85. The van der Waals surface area contributed by atoms with Crippen molar-refractivity contribution < 1.29 is 0 Å². The highest BCUT2D eigenvalue weighted by Crippen LogP contribution is 2.58. The SMILES string of the molecule is CC1(c2ccc(N)cc2)CC(c2ccccc2)(c2ccccc2)c2ccc(N)cc21. The van der Waals surface area contributed by atoms with Gasteiger partial charge in [0.15, 0.2) is 0 Å². The van der Waals surface area contributed by atoms with Crippen LogP contribution in [0.3, 0.4) is 0 Å². The Hall–Kier alpha value is -3.52. The third kappa shape index (κ3) is 2.64. The fourth-order valence-corrected chi connectivity index (χ4v) is 5.35. The second-order valence-corrected chi connectivity index (χ2v) is 8.57. The molecule has 0 heterocycles. The molecular weight excluding hydrogens is 364 g/mol. The van der Waals surface area contributed by atoms with Crippen molar-refractivity contribution in [3.8, 4) is 0 Å².